The van der Waals surface area contributed by atoms with E-state index in [4.69, 9.17) is 4.42 Å². The Hall–Kier alpha value is -3.16. The summed E-state index contributed by atoms with van der Waals surface area (Å²) in [4.78, 5) is 43.6. The van der Waals surface area contributed by atoms with Crippen molar-refractivity contribution in [2.24, 2.45) is 5.92 Å². The van der Waals surface area contributed by atoms with Crippen LogP contribution in [0.15, 0.2) is 34.7 Å². The van der Waals surface area contributed by atoms with Crippen molar-refractivity contribution in [1.82, 2.24) is 14.8 Å². The van der Waals surface area contributed by atoms with Crippen molar-refractivity contribution in [3.8, 4) is 11.3 Å². The lowest BCUT2D eigenvalue weighted by atomic mass is 9.98. The lowest BCUT2D eigenvalue weighted by molar-refractivity contribution is -0.145. The number of hydrogen-bond acceptors (Lipinski definition) is 5. The highest BCUT2D eigenvalue weighted by Gasteiger charge is 2.30. The third-order valence-corrected chi connectivity index (χ3v) is 4.82. The Kier molecular flexibility index (Phi) is 5.77. The number of aliphatic carboxylic acids is 1. The first-order chi connectivity index (χ1) is 13.4. The molecule has 1 atom stereocenters. The van der Waals surface area contributed by atoms with Gasteiger partial charge in [0, 0.05) is 32.6 Å². The van der Waals surface area contributed by atoms with Crippen molar-refractivity contribution in [1.29, 1.82) is 0 Å². The standard InChI is InChI=1S/C20H23N3O5/c1-13-21-17(18(28-13)14-7-4-3-5-8-14)19(25)22(2)12-16(24)23-10-6-9-15(11-23)20(26)27/h3-5,7-8,15H,6,9-12H2,1-2H3,(H,26,27). The van der Waals surface area contributed by atoms with Crippen molar-refractivity contribution in [2.45, 2.75) is 19.8 Å². The maximum atomic E-state index is 12.9. The minimum atomic E-state index is -0.896. The summed E-state index contributed by atoms with van der Waals surface area (Å²) < 4.78 is 5.61. The number of aryl methyl sites for hydroxylation is 1. The van der Waals surface area contributed by atoms with E-state index in [0.717, 1.165) is 5.56 Å². The third-order valence-electron chi connectivity index (χ3n) is 4.82. The fourth-order valence-corrected chi connectivity index (χ4v) is 3.32. The first kappa shape index (κ1) is 19.6. The molecule has 8 nitrogen and oxygen atoms in total. The summed E-state index contributed by atoms with van der Waals surface area (Å²) in [6, 6.07) is 9.18. The fourth-order valence-electron chi connectivity index (χ4n) is 3.32. The second-order valence-corrected chi connectivity index (χ2v) is 6.95. The summed E-state index contributed by atoms with van der Waals surface area (Å²) in [5.41, 5.74) is 0.882. The van der Waals surface area contributed by atoms with Gasteiger partial charge in [0.05, 0.1) is 12.5 Å². The van der Waals surface area contributed by atoms with E-state index in [9.17, 15) is 19.5 Å². The van der Waals surface area contributed by atoms with Gasteiger partial charge >= 0.3 is 5.97 Å². The Morgan fingerprint density at radius 1 is 1.29 bits per heavy atom. The normalized spacial score (nSPS) is 16.6. The zero-order valence-electron chi connectivity index (χ0n) is 15.9. The lowest BCUT2D eigenvalue weighted by Gasteiger charge is -2.31. The number of oxazole rings is 1. The van der Waals surface area contributed by atoms with E-state index in [1.807, 2.05) is 30.3 Å². The summed E-state index contributed by atoms with van der Waals surface area (Å²) in [7, 11) is 1.53. The fraction of sp³-hybridized carbons (Fsp3) is 0.400. The van der Waals surface area contributed by atoms with Crippen LogP contribution >= 0.6 is 0 Å². The monoisotopic (exact) mass is 385 g/mol. The van der Waals surface area contributed by atoms with Gasteiger partial charge in [-0.3, -0.25) is 14.4 Å². The Labute approximate surface area is 162 Å². The van der Waals surface area contributed by atoms with Crippen LogP contribution in [0, 0.1) is 12.8 Å². The number of nitrogens with zero attached hydrogens (tertiary/aromatic N) is 3. The van der Waals surface area contributed by atoms with Crippen LogP contribution in [0.5, 0.6) is 0 Å². The molecule has 148 valence electrons. The van der Waals surface area contributed by atoms with Crippen LogP contribution in [-0.4, -0.2) is 64.4 Å². The van der Waals surface area contributed by atoms with E-state index in [2.05, 4.69) is 4.98 Å². The highest BCUT2D eigenvalue weighted by molar-refractivity contribution is 5.99. The smallest absolute Gasteiger partial charge is 0.308 e. The summed E-state index contributed by atoms with van der Waals surface area (Å²) >= 11 is 0. The van der Waals surface area contributed by atoms with Crippen LogP contribution in [-0.2, 0) is 9.59 Å². The molecule has 0 aliphatic carbocycles. The van der Waals surface area contributed by atoms with Crippen molar-refractivity contribution in [3.05, 3.63) is 41.9 Å². The van der Waals surface area contributed by atoms with E-state index in [-0.39, 0.29) is 24.7 Å². The van der Waals surface area contributed by atoms with Crippen LogP contribution in [0.2, 0.25) is 0 Å². The van der Waals surface area contributed by atoms with Gasteiger partial charge in [-0.05, 0) is 12.8 Å². The molecule has 1 fully saturated rings. The predicted octanol–water partition coefficient (Wildman–Crippen LogP) is 2.05. The maximum Gasteiger partial charge on any atom is 0.308 e. The average Bonchev–Trinajstić information content (AvgIpc) is 3.09. The maximum absolute atomic E-state index is 12.9. The number of hydrogen-bond donors (Lipinski definition) is 1. The molecule has 0 bridgehead atoms. The lowest BCUT2D eigenvalue weighted by Crippen LogP contribution is -2.47. The summed E-state index contributed by atoms with van der Waals surface area (Å²) in [6.07, 6.45) is 1.20. The number of carbonyl (C=O) groups excluding carboxylic acids is 2. The van der Waals surface area contributed by atoms with E-state index < -0.39 is 17.8 Å². The highest BCUT2D eigenvalue weighted by atomic mass is 16.4. The van der Waals surface area contributed by atoms with E-state index in [0.29, 0.717) is 31.0 Å². The third kappa shape index (κ3) is 4.21. The highest BCUT2D eigenvalue weighted by Crippen LogP contribution is 2.25. The minimum Gasteiger partial charge on any atom is -0.481 e. The van der Waals surface area contributed by atoms with E-state index in [1.165, 1.54) is 16.8 Å². The molecule has 1 unspecified atom stereocenters. The molecule has 1 aromatic carbocycles. The van der Waals surface area contributed by atoms with Gasteiger partial charge < -0.3 is 19.3 Å². The van der Waals surface area contributed by atoms with Gasteiger partial charge in [0.2, 0.25) is 5.91 Å². The topological polar surface area (TPSA) is 104 Å². The van der Waals surface area contributed by atoms with Gasteiger partial charge in [-0.1, -0.05) is 30.3 Å². The number of piperidine rings is 1. The number of benzene rings is 1. The summed E-state index contributed by atoms with van der Waals surface area (Å²) in [5, 5.41) is 9.18. The van der Waals surface area contributed by atoms with Gasteiger partial charge in [0.1, 0.15) is 0 Å². The number of amides is 2. The molecule has 1 aliphatic heterocycles. The first-order valence-corrected chi connectivity index (χ1v) is 9.15. The number of carbonyl (C=O) groups is 3. The molecule has 8 heteroatoms. The zero-order chi connectivity index (χ0) is 20.3. The second kappa shape index (κ2) is 8.24. The van der Waals surface area contributed by atoms with Gasteiger partial charge in [0.15, 0.2) is 17.3 Å². The Morgan fingerprint density at radius 3 is 2.68 bits per heavy atom. The van der Waals surface area contributed by atoms with E-state index >= 15 is 0 Å². The van der Waals surface area contributed by atoms with E-state index in [1.54, 1.807) is 6.92 Å². The van der Waals surface area contributed by atoms with Gasteiger partial charge in [-0.15, -0.1) is 0 Å². The number of carboxylic acid groups (broad SMARTS) is 1. The predicted molar refractivity (Wildman–Crippen MR) is 101 cm³/mol. The molecular weight excluding hydrogens is 362 g/mol. The second-order valence-electron chi connectivity index (χ2n) is 6.95. The van der Waals surface area contributed by atoms with Crippen LogP contribution in [0.1, 0.15) is 29.2 Å². The Balaban J connectivity index is 1.72. The molecule has 28 heavy (non-hydrogen) atoms. The molecule has 0 spiro atoms. The molecule has 2 amide bonds. The molecule has 1 aromatic heterocycles. The quantitative estimate of drug-likeness (QED) is 0.845. The van der Waals surface area contributed by atoms with Crippen molar-refractivity contribution < 1.29 is 23.9 Å². The summed E-state index contributed by atoms with van der Waals surface area (Å²) in [5.74, 6) is -1.42. The van der Waals surface area contributed by atoms with Crippen LogP contribution in [0.25, 0.3) is 11.3 Å². The Morgan fingerprint density at radius 2 is 2.00 bits per heavy atom. The number of rotatable bonds is 5. The van der Waals surface area contributed by atoms with Gasteiger partial charge in [-0.2, -0.15) is 0 Å². The number of aromatic nitrogens is 1. The van der Waals surface area contributed by atoms with Gasteiger partial charge in [0.25, 0.3) is 5.91 Å². The molecule has 1 N–H and O–H groups in total. The van der Waals surface area contributed by atoms with Crippen molar-refractivity contribution in [2.75, 3.05) is 26.7 Å². The first-order valence-electron chi connectivity index (χ1n) is 9.15. The molecule has 1 aliphatic rings. The molecule has 0 radical (unpaired) electrons. The molecular formula is C20H23N3O5. The zero-order valence-corrected chi connectivity index (χ0v) is 15.9. The molecule has 3 rings (SSSR count). The Bertz CT molecular complexity index is 877. The largest absolute Gasteiger partial charge is 0.481 e. The van der Waals surface area contributed by atoms with Crippen molar-refractivity contribution in [3.63, 3.8) is 0 Å². The van der Waals surface area contributed by atoms with Crippen molar-refractivity contribution >= 4 is 17.8 Å². The molecule has 1 saturated heterocycles. The van der Waals surface area contributed by atoms with Crippen LogP contribution in [0.3, 0.4) is 0 Å². The molecule has 2 aromatic rings. The number of carboxylic acids is 1. The average molecular weight is 385 g/mol. The van der Waals surface area contributed by atoms with Gasteiger partial charge in [-0.25, -0.2) is 4.98 Å². The molecule has 0 saturated carbocycles. The summed E-state index contributed by atoms with van der Waals surface area (Å²) in [6.45, 7) is 2.19. The van der Waals surface area contributed by atoms with Crippen LogP contribution in [0.4, 0.5) is 0 Å². The minimum absolute atomic E-state index is 0.148. The number of likely N-dealkylation sites (tertiary alicyclic amines) is 1. The number of likely N-dealkylation sites (N-methyl/N-ethyl adjacent to an activating group) is 1. The van der Waals surface area contributed by atoms with Crippen LogP contribution < -0.4 is 0 Å². The molecule has 2 heterocycles. The SMILES string of the molecule is Cc1nc(C(=O)N(C)CC(=O)N2CCCC(C(=O)O)C2)c(-c2ccccc2)o1.